The molecule has 3 aromatic rings. The lowest BCUT2D eigenvalue weighted by atomic mass is 10.1. The SMILES string of the molecule is Cc1cccc(NC(=O)CNC(=O)COC(=O)Cc2noc3ccccc23)c1C. The predicted molar refractivity (Wildman–Crippen MR) is 106 cm³/mol. The lowest BCUT2D eigenvalue weighted by Gasteiger charge is -2.11. The number of aryl methyl sites for hydroxylation is 1. The molecular weight excluding hydrogens is 374 g/mol. The molecule has 0 aliphatic carbocycles. The molecule has 2 aromatic carbocycles. The van der Waals surface area contributed by atoms with Crippen molar-refractivity contribution in [3.63, 3.8) is 0 Å². The van der Waals surface area contributed by atoms with E-state index in [-0.39, 0.29) is 18.9 Å². The normalized spacial score (nSPS) is 10.6. The Morgan fingerprint density at radius 2 is 1.83 bits per heavy atom. The first kappa shape index (κ1) is 20.1. The molecule has 2 amide bonds. The number of nitrogens with zero attached hydrogens (tertiary/aromatic N) is 1. The molecule has 0 atom stereocenters. The molecule has 150 valence electrons. The highest BCUT2D eigenvalue weighted by Gasteiger charge is 2.15. The number of anilines is 1. The number of ether oxygens (including phenoxy) is 1. The summed E-state index contributed by atoms with van der Waals surface area (Å²) in [4.78, 5) is 35.8. The van der Waals surface area contributed by atoms with E-state index >= 15 is 0 Å². The molecule has 0 bridgehead atoms. The van der Waals surface area contributed by atoms with Crippen LogP contribution in [0.1, 0.15) is 16.8 Å². The zero-order chi connectivity index (χ0) is 20.8. The summed E-state index contributed by atoms with van der Waals surface area (Å²) >= 11 is 0. The average Bonchev–Trinajstić information content (AvgIpc) is 3.11. The van der Waals surface area contributed by atoms with E-state index in [1.54, 1.807) is 24.3 Å². The zero-order valence-corrected chi connectivity index (χ0v) is 16.2. The quantitative estimate of drug-likeness (QED) is 0.594. The first-order chi connectivity index (χ1) is 13.9. The third-order valence-electron chi connectivity index (χ3n) is 4.45. The van der Waals surface area contributed by atoms with Crippen molar-refractivity contribution < 1.29 is 23.6 Å². The zero-order valence-electron chi connectivity index (χ0n) is 16.2. The number of carbonyl (C=O) groups excluding carboxylic acids is 3. The minimum atomic E-state index is -0.612. The van der Waals surface area contributed by atoms with Gasteiger partial charge in [-0.25, -0.2) is 0 Å². The van der Waals surface area contributed by atoms with Gasteiger partial charge in [0, 0.05) is 11.1 Å². The van der Waals surface area contributed by atoms with Crippen molar-refractivity contribution >= 4 is 34.4 Å². The fraction of sp³-hybridized carbons (Fsp3) is 0.238. The first-order valence-electron chi connectivity index (χ1n) is 9.05. The van der Waals surface area contributed by atoms with Gasteiger partial charge in [-0.2, -0.15) is 0 Å². The van der Waals surface area contributed by atoms with Gasteiger partial charge in [-0.3, -0.25) is 14.4 Å². The maximum absolute atomic E-state index is 12.0. The Kier molecular flexibility index (Phi) is 6.23. The second-order valence-corrected chi connectivity index (χ2v) is 6.54. The lowest BCUT2D eigenvalue weighted by molar-refractivity contribution is -0.148. The summed E-state index contributed by atoms with van der Waals surface area (Å²) in [7, 11) is 0. The molecule has 0 radical (unpaired) electrons. The number of benzene rings is 2. The molecule has 8 nitrogen and oxygen atoms in total. The van der Waals surface area contributed by atoms with Crippen molar-refractivity contribution in [2.24, 2.45) is 0 Å². The minimum Gasteiger partial charge on any atom is -0.455 e. The van der Waals surface area contributed by atoms with E-state index in [0.29, 0.717) is 17.0 Å². The van der Waals surface area contributed by atoms with E-state index in [2.05, 4.69) is 15.8 Å². The highest BCUT2D eigenvalue weighted by molar-refractivity contribution is 5.95. The third kappa shape index (κ3) is 5.19. The number of amides is 2. The van der Waals surface area contributed by atoms with Crippen molar-refractivity contribution in [1.82, 2.24) is 10.5 Å². The molecule has 2 N–H and O–H groups in total. The number of aromatic nitrogens is 1. The molecule has 1 aromatic heterocycles. The molecule has 0 spiro atoms. The smallest absolute Gasteiger partial charge is 0.312 e. The standard InChI is InChI=1S/C21H21N3O5/c1-13-6-5-8-16(14(13)2)23-19(25)11-22-20(26)12-28-21(27)10-17-15-7-3-4-9-18(15)29-24-17/h3-9H,10-12H2,1-2H3,(H,22,26)(H,23,25). The second kappa shape index (κ2) is 9.01. The Morgan fingerprint density at radius 3 is 2.66 bits per heavy atom. The number of hydrogen-bond acceptors (Lipinski definition) is 6. The predicted octanol–water partition coefficient (Wildman–Crippen LogP) is 2.29. The maximum Gasteiger partial charge on any atom is 0.312 e. The van der Waals surface area contributed by atoms with E-state index in [4.69, 9.17) is 9.26 Å². The van der Waals surface area contributed by atoms with Crippen LogP contribution in [0.2, 0.25) is 0 Å². The van der Waals surface area contributed by atoms with E-state index in [1.165, 1.54) is 0 Å². The van der Waals surface area contributed by atoms with Crippen LogP contribution >= 0.6 is 0 Å². The number of nitrogens with one attached hydrogen (secondary N) is 2. The van der Waals surface area contributed by atoms with Crippen LogP contribution in [0, 0.1) is 13.8 Å². The number of rotatable bonds is 7. The molecular formula is C21H21N3O5. The second-order valence-electron chi connectivity index (χ2n) is 6.54. The van der Waals surface area contributed by atoms with Crippen LogP contribution in [0.3, 0.4) is 0 Å². The Labute approximate surface area is 167 Å². The molecule has 8 heteroatoms. The van der Waals surface area contributed by atoms with Crippen LogP contribution in [0.25, 0.3) is 11.0 Å². The summed E-state index contributed by atoms with van der Waals surface area (Å²) in [6, 6.07) is 12.7. The van der Waals surface area contributed by atoms with Crippen LogP contribution < -0.4 is 10.6 Å². The van der Waals surface area contributed by atoms with Gasteiger partial charge in [0.05, 0.1) is 13.0 Å². The van der Waals surface area contributed by atoms with E-state index in [1.807, 2.05) is 32.0 Å². The van der Waals surface area contributed by atoms with Crippen LogP contribution in [0.4, 0.5) is 5.69 Å². The summed E-state index contributed by atoms with van der Waals surface area (Å²) in [5.74, 6) is -1.55. The van der Waals surface area contributed by atoms with Crippen molar-refractivity contribution in [1.29, 1.82) is 0 Å². The van der Waals surface area contributed by atoms with Crippen LogP contribution in [0.5, 0.6) is 0 Å². The molecule has 0 unspecified atom stereocenters. The highest BCUT2D eigenvalue weighted by atomic mass is 16.5. The summed E-state index contributed by atoms with van der Waals surface area (Å²) in [5.41, 5.74) is 3.72. The third-order valence-corrected chi connectivity index (χ3v) is 4.45. The topological polar surface area (TPSA) is 111 Å². The van der Waals surface area contributed by atoms with Gasteiger partial charge in [0.15, 0.2) is 12.2 Å². The number of esters is 1. The Hall–Kier alpha value is -3.68. The molecule has 1 heterocycles. The Balaban J connectivity index is 1.42. The molecule has 0 saturated heterocycles. The van der Waals surface area contributed by atoms with E-state index < -0.39 is 18.5 Å². The van der Waals surface area contributed by atoms with Gasteiger partial charge in [-0.05, 0) is 43.2 Å². The van der Waals surface area contributed by atoms with Gasteiger partial charge in [0.25, 0.3) is 5.91 Å². The van der Waals surface area contributed by atoms with Crippen LogP contribution in [0.15, 0.2) is 47.0 Å². The average molecular weight is 395 g/mol. The van der Waals surface area contributed by atoms with Crippen molar-refractivity contribution in [3.8, 4) is 0 Å². The summed E-state index contributed by atoms with van der Waals surface area (Å²) in [5, 5.41) is 9.72. The van der Waals surface area contributed by atoms with Gasteiger partial charge in [0.1, 0.15) is 5.69 Å². The largest absolute Gasteiger partial charge is 0.455 e. The fourth-order valence-electron chi connectivity index (χ4n) is 2.71. The number of hydrogen-bond donors (Lipinski definition) is 2. The van der Waals surface area contributed by atoms with Crippen molar-refractivity contribution in [2.75, 3.05) is 18.5 Å². The number of para-hydroxylation sites is 1. The summed E-state index contributed by atoms with van der Waals surface area (Å²) in [6.45, 7) is 3.15. The molecule has 0 saturated carbocycles. The molecule has 0 aliphatic heterocycles. The molecule has 0 fully saturated rings. The van der Waals surface area contributed by atoms with Gasteiger partial charge in [-0.15, -0.1) is 0 Å². The van der Waals surface area contributed by atoms with Gasteiger partial charge < -0.3 is 19.9 Å². The fourth-order valence-corrected chi connectivity index (χ4v) is 2.71. The van der Waals surface area contributed by atoms with Gasteiger partial charge >= 0.3 is 5.97 Å². The van der Waals surface area contributed by atoms with Crippen LogP contribution in [-0.2, 0) is 25.5 Å². The number of fused-ring (bicyclic) bond motifs is 1. The minimum absolute atomic E-state index is 0.114. The Bertz CT molecular complexity index is 1060. The first-order valence-corrected chi connectivity index (χ1v) is 9.05. The Morgan fingerprint density at radius 1 is 1.03 bits per heavy atom. The van der Waals surface area contributed by atoms with E-state index in [0.717, 1.165) is 16.5 Å². The molecule has 3 rings (SSSR count). The molecule has 29 heavy (non-hydrogen) atoms. The summed E-state index contributed by atoms with van der Waals surface area (Å²) < 4.78 is 10.1. The highest BCUT2D eigenvalue weighted by Crippen LogP contribution is 2.18. The van der Waals surface area contributed by atoms with Gasteiger partial charge in [0.2, 0.25) is 5.91 Å². The van der Waals surface area contributed by atoms with Crippen molar-refractivity contribution in [3.05, 3.63) is 59.3 Å². The van der Waals surface area contributed by atoms with Crippen molar-refractivity contribution in [2.45, 2.75) is 20.3 Å². The lowest BCUT2D eigenvalue weighted by Crippen LogP contribution is -2.35. The number of carbonyl (C=O) groups is 3. The maximum atomic E-state index is 12.0. The molecule has 0 aliphatic rings. The van der Waals surface area contributed by atoms with Gasteiger partial charge in [-0.1, -0.05) is 29.4 Å². The summed E-state index contributed by atoms with van der Waals surface area (Å²) in [6.07, 6.45) is -0.114. The van der Waals surface area contributed by atoms with E-state index in [9.17, 15) is 14.4 Å². The monoisotopic (exact) mass is 395 g/mol. The van der Waals surface area contributed by atoms with Crippen LogP contribution in [-0.4, -0.2) is 36.1 Å².